The van der Waals surface area contributed by atoms with Gasteiger partial charge in [-0.05, 0) is 53.3 Å². The second kappa shape index (κ2) is 7.72. The first-order valence-electron chi connectivity index (χ1n) is 6.99. The summed E-state index contributed by atoms with van der Waals surface area (Å²) in [5, 5.41) is 0. The number of esters is 1. The summed E-state index contributed by atoms with van der Waals surface area (Å²) in [5.41, 5.74) is 0.817. The van der Waals surface area contributed by atoms with Gasteiger partial charge in [-0.15, -0.1) is 0 Å². The molecule has 2 rings (SSSR count). The van der Waals surface area contributed by atoms with Crippen molar-refractivity contribution in [2.45, 2.75) is 26.9 Å². The Labute approximate surface area is 146 Å². The second-order valence-corrected chi connectivity index (χ2v) is 6.03. The number of benzene rings is 2. The predicted octanol–water partition coefficient (Wildman–Crippen LogP) is 4.77. The number of hydrogen-bond donors (Lipinski definition) is 0. The molecule has 0 aromatic heterocycles. The van der Waals surface area contributed by atoms with Crippen LogP contribution in [0.4, 0.5) is 8.78 Å². The van der Waals surface area contributed by atoms with Gasteiger partial charge < -0.3 is 9.47 Å². The maximum Gasteiger partial charge on any atom is 0.310 e. The van der Waals surface area contributed by atoms with Crippen molar-refractivity contribution in [3.8, 4) is 11.5 Å². The quantitative estimate of drug-likeness (QED) is 0.388. The molecule has 122 valence electrons. The maximum absolute atomic E-state index is 13.8. The van der Waals surface area contributed by atoms with Gasteiger partial charge in [-0.25, -0.2) is 8.78 Å². The van der Waals surface area contributed by atoms with E-state index in [4.69, 9.17) is 9.47 Å². The summed E-state index contributed by atoms with van der Waals surface area (Å²) in [6.07, 6.45) is 0.240. The smallest absolute Gasteiger partial charge is 0.310 e. The van der Waals surface area contributed by atoms with Crippen molar-refractivity contribution in [1.82, 2.24) is 0 Å². The topological polar surface area (TPSA) is 35.5 Å². The molecule has 0 atom stereocenters. The highest BCUT2D eigenvalue weighted by Crippen LogP contribution is 2.28. The van der Waals surface area contributed by atoms with E-state index in [1.165, 1.54) is 6.92 Å². The molecule has 6 heteroatoms. The third-order valence-corrected chi connectivity index (χ3v) is 4.18. The van der Waals surface area contributed by atoms with Crippen LogP contribution in [0.2, 0.25) is 0 Å². The van der Waals surface area contributed by atoms with E-state index in [2.05, 4.69) is 22.6 Å². The highest BCUT2D eigenvalue weighted by molar-refractivity contribution is 14.1. The van der Waals surface area contributed by atoms with Gasteiger partial charge in [-0.3, -0.25) is 4.79 Å². The highest BCUT2D eigenvalue weighted by Gasteiger charge is 2.14. The van der Waals surface area contributed by atoms with E-state index in [-0.39, 0.29) is 30.3 Å². The molecule has 0 aliphatic heterocycles. The maximum atomic E-state index is 13.8. The summed E-state index contributed by atoms with van der Waals surface area (Å²) in [5.74, 6) is -1.37. The van der Waals surface area contributed by atoms with Crippen LogP contribution < -0.4 is 9.47 Å². The first kappa shape index (κ1) is 17.7. The molecule has 0 saturated heterocycles. The van der Waals surface area contributed by atoms with Gasteiger partial charge in [0, 0.05) is 21.6 Å². The van der Waals surface area contributed by atoms with Crippen LogP contribution in [0.1, 0.15) is 24.5 Å². The van der Waals surface area contributed by atoms with Crippen LogP contribution in [0.5, 0.6) is 11.5 Å². The Morgan fingerprint density at radius 3 is 2.61 bits per heavy atom. The molecule has 0 aliphatic carbocycles. The zero-order valence-electron chi connectivity index (χ0n) is 12.7. The number of carbonyl (C=O) groups excluding carboxylic acids is 1. The molecular weight excluding hydrogens is 417 g/mol. The average Bonchev–Trinajstić information content (AvgIpc) is 2.51. The molecule has 0 unspecified atom stereocenters. The van der Waals surface area contributed by atoms with E-state index in [1.807, 2.05) is 6.07 Å². The van der Waals surface area contributed by atoms with Gasteiger partial charge >= 0.3 is 5.97 Å². The van der Waals surface area contributed by atoms with Gasteiger partial charge in [0.15, 0.2) is 11.6 Å². The van der Waals surface area contributed by atoms with Crippen molar-refractivity contribution < 1.29 is 23.0 Å². The summed E-state index contributed by atoms with van der Waals surface area (Å²) < 4.78 is 38.8. The number of carbonyl (C=O) groups is 1. The third-order valence-electron chi connectivity index (χ3n) is 3.17. The summed E-state index contributed by atoms with van der Waals surface area (Å²) in [7, 11) is 0. The lowest BCUT2D eigenvalue weighted by atomic mass is 10.2. The molecule has 2 aromatic carbocycles. The lowest BCUT2D eigenvalue weighted by molar-refractivity contribution is -0.134. The molecule has 0 amide bonds. The molecule has 0 saturated carbocycles. The van der Waals surface area contributed by atoms with E-state index in [9.17, 15) is 13.6 Å². The van der Waals surface area contributed by atoms with Gasteiger partial charge in [-0.2, -0.15) is 0 Å². The Kier molecular flexibility index (Phi) is 5.92. The second-order valence-electron chi connectivity index (χ2n) is 4.86. The van der Waals surface area contributed by atoms with E-state index in [0.29, 0.717) is 11.3 Å². The minimum Gasteiger partial charge on any atom is -0.486 e. The van der Waals surface area contributed by atoms with Gasteiger partial charge in [0.1, 0.15) is 18.2 Å². The van der Waals surface area contributed by atoms with E-state index in [1.54, 1.807) is 19.1 Å². The van der Waals surface area contributed by atoms with E-state index < -0.39 is 11.6 Å². The van der Waals surface area contributed by atoms with Crippen LogP contribution in [0.15, 0.2) is 30.3 Å². The van der Waals surface area contributed by atoms with Crippen molar-refractivity contribution in [2.24, 2.45) is 0 Å². The average molecular weight is 432 g/mol. The van der Waals surface area contributed by atoms with Crippen molar-refractivity contribution in [3.63, 3.8) is 0 Å². The molecular formula is C17H15F2IO3. The van der Waals surface area contributed by atoms with Crippen LogP contribution in [0.3, 0.4) is 0 Å². The Hall–Kier alpha value is -1.70. The Morgan fingerprint density at radius 1 is 1.17 bits per heavy atom. The van der Waals surface area contributed by atoms with Crippen molar-refractivity contribution in [3.05, 3.63) is 56.7 Å². The number of hydrogen-bond acceptors (Lipinski definition) is 3. The SMILES string of the molecule is CCC(=O)Oc1cccc(I)c1COc1cc(F)c(C)cc1F. The molecule has 23 heavy (non-hydrogen) atoms. The summed E-state index contributed by atoms with van der Waals surface area (Å²) >= 11 is 2.07. The molecule has 2 aromatic rings. The van der Waals surface area contributed by atoms with Crippen molar-refractivity contribution in [1.29, 1.82) is 0 Å². The predicted molar refractivity (Wildman–Crippen MR) is 90.5 cm³/mol. The van der Waals surface area contributed by atoms with Gasteiger partial charge in [0.25, 0.3) is 0 Å². The zero-order valence-corrected chi connectivity index (χ0v) is 14.8. The minimum absolute atomic E-state index is 0.0368. The van der Waals surface area contributed by atoms with Crippen LogP contribution in [-0.2, 0) is 11.4 Å². The summed E-state index contributed by atoms with van der Waals surface area (Å²) in [4.78, 5) is 11.5. The molecule has 0 aliphatic rings. The molecule has 3 nitrogen and oxygen atoms in total. The molecule has 0 heterocycles. The number of aryl methyl sites for hydroxylation is 1. The summed E-state index contributed by atoms with van der Waals surface area (Å²) in [6, 6.07) is 7.29. The third kappa shape index (κ3) is 4.40. The van der Waals surface area contributed by atoms with Gasteiger partial charge in [0.2, 0.25) is 0 Å². The molecule has 0 spiro atoms. The normalized spacial score (nSPS) is 10.5. The Bertz CT molecular complexity index is 732. The summed E-state index contributed by atoms with van der Waals surface area (Å²) in [6.45, 7) is 3.13. The fourth-order valence-corrected chi connectivity index (χ4v) is 2.49. The van der Waals surface area contributed by atoms with Crippen molar-refractivity contribution >= 4 is 28.6 Å². The van der Waals surface area contributed by atoms with Crippen LogP contribution in [0, 0.1) is 22.1 Å². The lowest BCUT2D eigenvalue weighted by Gasteiger charge is -2.13. The highest BCUT2D eigenvalue weighted by atomic mass is 127. The molecule has 0 fully saturated rings. The van der Waals surface area contributed by atoms with Gasteiger partial charge in [0.05, 0.1) is 0 Å². The first-order valence-corrected chi connectivity index (χ1v) is 8.06. The fourth-order valence-electron chi connectivity index (χ4n) is 1.86. The van der Waals surface area contributed by atoms with E-state index in [0.717, 1.165) is 15.7 Å². The standard InChI is InChI=1S/C17H15F2IO3/c1-3-17(21)23-15-6-4-5-14(20)11(15)9-22-16-8-12(18)10(2)7-13(16)19/h4-8H,3,9H2,1-2H3. The van der Waals surface area contributed by atoms with E-state index >= 15 is 0 Å². The van der Waals surface area contributed by atoms with Crippen LogP contribution >= 0.6 is 22.6 Å². The van der Waals surface area contributed by atoms with Crippen molar-refractivity contribution in [2.75, 3.05) is 0 Å². The molecule has 0 bridgehead atoms. The molecule has 0 radical (unpaired) electrons. The fraction of sp³-hybridized carbons (Fsp3) is 0.235. The number of rotatable bonds is 5. The monoisotopic (exact) mass is 432 g/mol. The number of ether oxygens (including phenoxy) is 2. The first-order chi connectivity index (χ1) is 10.9. The Morgan fingerprint density at radius 2 is 1.91 bits per heavy atom. The largest absolute Gasteiger partial charge is 0.486 e. The van der Waals surface area contributed by atoms with Gasteiger partial charge in [-0.1, -0.05) is 13.0 Å². The van der Waals surface area contributed by atoms with Crippen LogP contribution in [0.25, 0.3) is 0 Å². The zero-order chi connectivity index (χ0) is 17.0. The molecule has 0 N–H and O–H groups in total. The lowest BCUT2D eigenvalue weighted by Crippen LogP contribution is -2.10. The number of halogens is 3. The van der Waals surface area contributed by atoms with Crippen LogP contribution in [-0.4, -0.2) is 5.97 Å². The Balaban J connectivity index is 2.23. The minimum atomic E-state index is -0.637.